The van der Waals surface area contributed by atoms with E-state index in [2.05, 4.69) is 25.6 Å². The second kappa shape index (κ2) is 8.30. The van der Waals surface area contributed by atoms with E-state index in [0.717, 1.165) is 5.69 Å². The van der Waals surface area contributed by atoms with Crippen molar-refractivity contribution < 1.29 is 17.9 Å². The van der Waals surface area contributed by atoms with Crippen molar-refractivity contribution in [3.63, 3.8) is 0 Å². The van der Waals surface area contributed by atoms with Crippen molar-refractivity contribution in [3.05, 3.63) is 59.8 Å². The van der Waals surface area contributed by atoms with Gasteiger partial charge in [-0.3, -0.25) is 4.72 Å². The van der Waals surface area contributed by atoms with Gasteiger partial charge < -0.3 is 20.1 Å². The van der Waals surface area contributed by atoms with Gasteiger partial charge in [-0.1, -0.05) is 11.6 Å². The molecule has 1 aromatic heterocycles. The standard InChI is InChI=1S/C18H14ClN5O4S2/c19-16-7-8-17(23-22-16)24-30(25,26)13-4-1-11(2-5-13)20-18(29)21-12-3-6-14-15(9-12)28-10-27-14/h1-9H,10H2,(H,23,24)(H2,20,21,29). The molecule has 0 atom stereocenters. The summed E-state index contributed by atoms with van der Waals surface area (Å²) in [4.78, 5) is 0.0550. The average Bonchev–Trinajstić information content (AvgIpc) is 3.18. The molecular weight excluding hydrogens is 450 g/mol. The normalized spacial score (nSPS) is 12.3. The average molecular weight is 464 g/mol. The molecule has 4 rings (SSSR count). The van der Waals surface area contributed by atoms with Crippen molar-refractivity contribution in [2.24, 2.45) is 0 Å². The van der Waals surface area contributed by atoms with Gasteiger partial charge >= 0.3 is 0 Å². The Morgan fingerprint density at radius 3 is 2.37 bits per heavy atom. The van der Waals surface area contributed by atoms with Gasteiger partial charge in [0.25, 0.3) is 10.0 Å². The Morgan fingerprint density at radius 1 is 0.933 bits per heavy atom. The first kappa shape index (κ1) is 20.1. The highest BCUT2D eigenvalue weighted by atomic mass is 35.5. The Balaban J connectivity index is 1.39. The summed E-state index contributed by atoms with van der Waals surface area (Å²) in [5.41, 5.74) is 1.34. The molecule has 0 spiro atoms. The minimum absolute atomic E-state index is 0.0550. The lowest BCUT2D eigenvalue weighted by Crippen LogP contribution is -2.19. The number of anilines is 3. The Bertz CT molecular complexity index is 1190. The van der Waals surface area contributed by atoms with E-state index in [1.165, 1.54) is 24.3 Å². The molecule has 0 saturated heterocycles. The topological polar surface area (TPSA) is 114 Å². The predicted octanol–water partition coefficient (Wildman–Crippen LogP) is 3.47. The number of rotatable bonds is 5. The number of fused-ring (bicyclic) bond motifs is 1. The Kier molecular flexibility index (Phi) is 5.57. The van der Waals surface area contributed by atoms with Crippen LogP contribution in [-0.2, 0) is 10.0 Å². The molecule has 9 nitrogen and oxygen atoms in total. The van der Waals surface area contributed by atoms with Crippen LogP contribution in [0.25, 0.3) is 0 Å². The molecule has 154 valence electrons. The van der Waals surface area contributed by atoms with Gasteiger partial charge in [0.05, 0.1) is 4.90 Å². The molecule has 2 heterocycles. The van der Waals surface area contributed by atoms with E-state index in [1.54, 1.807) is 24.3 Å². The van der Waals surface area contributed by atoms with Gasteiger partial charge in [0, 0.05) is 17.4 Å². The van der Waals surface area contributed by atoms with Crippen molar-refractivity contribution >= 4 is 56.1 Å². The van der Waals surface area contributed by atoms with Crippen LogP contribution >= 0.6 is 23.8 Å². The van der Waals surface area contributed by atoms with Crippen LogP contribution in [0, 0.1) is 0 Å². The maximum absolute atomic E-state index is 12.5. The molecule has 0 unspecified atom stereocenters. The highest BCUT2D eigenvalue weighted by molar-refractivity contribution is 7.92. The summed E-state index contributed by atoms with van der Waals surface area (Å²) < 4.78 is 37.9. The molecular formula is C18H14ClN5O4S2. The second-order valence-electron chi connectivity index (χ2n) is 6.02. The Morgan fingerprint density at radius 2 is 1.63 bits per heavy atom. The number of halogens is 1. The van der Waals surface area contributed by atoms with E-state index in [4.69, 9.17) is 33.3 Å². The third-order valence-electron chi connectivity index (χ3n) is 3.92. The largest absolute Gasteiger partial charge is 0.454 e. The number of benzene rings is 2. The molecule has 12 heteroatoms. The quantitative estimate of drug-likeness (QED) is 0.489. The van der Waals surface area contributed by atoms with E-state index in [0.29, 0.717) is 22.3 Å². The third kappa shape index (κ3) is 4.70. The van der Waals surface area contributed by atoms with Gasteiger partial charge in [-0.25, -0.2) is 8.42 Å². The van der Waals surface area contributed by atoms with Gasteiger partial charge in [0.15, 0.2) is 27.6 Å². The lowest BCUT2D eigenvalue weighted by Gasteiger charge is -2.12. The molecule has 3 aromatic rings. The van der Waals surface area contributed by atoms with Gasteiger partial charge in [-0.15, -0.1) is 10.2 Å². The summed E-state index contributed by atoms with van der Waals surface area (Å²) in [6.07, 6.45) is 0. The van der Waals surface area contributed by atoms with Crippen molar-refractivity contribution in [1.82, 2.24) is 10.2 Å². The first-order chi connectivity index (χ1) is 14.4. The van der Waals surface area contributed by atoms with E-state index >= 15 is 0 Å². The number of aromatic nitrogens is 2. The number of hydrogen-bond acceptors (Lipinski definition) is 7. The van der Waals surface area contributed by atoms with Gasteiger partial charge in [0.1, 0.15) is 0 Å². The molecule has 0 bridgehead atoms. The van der Waals surface area contributed by atoms with Crippen LogP contribution in [0.2, 0.25) is 5.15 Å². The molecule has 3 N–H and O–H groups in total. The highest BCUT2D eigenvalue weighted by Crippen LogP contribution is 2.34. The summed E-state index contributed by atoms with van der Waals surface area (Å²) in [6, 6.07) is 14.3. The molecule has 0 radical (unpaired) electrons. The number of nitrogens with zero attached hydrogens (tertiary/aromatic N) is 2. The lowest BCUT2D eigenvalue weighted by molar-refractivity contribution is 0.174. The van der Waals surface area contributed by atoms with Crippen LogP contribution < -0.4 is 24.8 Å². The van der Waals surface area contributed by atoms with E-state index in [1.807, 2.05) is 6.07 Å². The number of sulfonamides is 1. The third-order valence-corrected chi connectivity index (χ3v) is 5.70. The van der Waals surface area contributed by atoms with Crippen molar-refractivity contribution in [1.29, 1.82) is 0 Å². The fraction of sp³-hybridized carbons (Fsp3) is 0.0556. The number of thiocarbonyl (C=S) groups is 1. The molecule has 1 aliphatic rings. The minimum Gasteiger partial charge on any atom is -0.454 e. The van der Waals surface area contributed by atoms with Crippen LogP contribution in [0.4, 0.5) is 17.2 Å². The monoisotopic (exact) mass is 463 g/mol. The SMILES string of the molecule is O=S(=O)(Nc1ccc(Cl)nn1)c1ccc(NC(=S)Nc2ccc3c(c2)OCO3)cc1. The number of ether oxygens (including phenoxy) is 2. The summed E-state index contributed by atoms with van der Waals surface area (Å²) >= 11 is 10.9. The van der Waals surface area contributed by atoms with Crippen molar-refractivity contribution in [2.45, 2.75) is 4.90 Å². The molecule has 1 aliphatic heterocycles. The zero-order chi connectivity index (χ0) is 21.1. The summed E-state index contributed by atoms with van der Waals surface area (Å²) in [7, 11) is -3.82. The number of nitrogens with one attached hydrogen (secondary N) is 3. The van der Waals surface area contributed by atoms with Gasteiger partial charge in [0.2, 0.25) is 6.79 Å². The maximum Gasteiger partial charge on any atom is 0.263 e. The molecule has 30 heavy (non-hydrogen) atoms. The second-order valence-corrected chi connectivity index (χ2v) is 8.50. The maximum atomic E-state index is 12.5. The summed E-state index contributed by atoms with van der Waals surface area (Å²) in [5, 5.41) is 13.8. The fourth-order valence-corrected chi connectivity index (χ4v) is 3.89. The Labute approximate surface area is 182 Å². The smallest absolute Gasteiger partial charge is 0.263 e. The van der Waals surface area contributed by atoms with Crippen molar-refractivity contribution in [3.8, 4) is 11.5 Å². The first-order valence-corrected chi connectivity index (χ1v) is 10.8. The van der Waals surface area contributed by atoms with E-state index in [9.17, 15) is 8.42 Å². The molecule has 0 saturated carbocycles. The van der Waals surface area contributed by atoms with Gasteiger partial charge in [-0.05, 0) is 60.7 Å². The zero-order valence-corrected chi connectivity index (χ0v) is 17.5. The van der Waals surface area contributed by atoms with Crippen LogP contribution in [-0.4, -0.2) is 30.5 Å². The predicted molar refractivity (Wildman–Crippen MR) is 117 cm³/mol. The minimum atomic E-state index is -3.82. The van der Waals surface area contributed by atoms with E-state index < -0.39 is 10.0 Å². The summed E-state index contributed by atoms with van der Waals surface area (Å²) in [6.45, 7) is 0.191. The van der Waals surface area contributed by atoms with E-state index in [-0.39, 0.29) is 22.7 Å². The molecule has 2 aromatic carbocycles. The van der Waals surface area contributed by atoms with Crippen molar-refractivity contribution in [2.75, 3.05) is 22.1 Å². The van der Waals surface area contributed by atoms with Crippen LogP contribution in [0.1, 0.15) is 0 Å². The summed E-state index contributed by atoms with van der Waals surface area (Å²) in [5.74, 6) is 1.38. The van der Waals surface area contributed by atoms with Gasteiger partial charge in [-0.2, -0.15) is 0 Å². The fourth-order valence-electron chi connectivity index (χ4n) is 2.55. The molecule has 0 amide bonds. The molecule has 0 fully saturated rings. The van der Waals surface area contributed by atoms with Crippen LogP contribution in [0.15, 0.2) is 59.5 Å². The number of hydrogen-bond donors (Lipinski definition) is 3. The van der Waals surface area contributed by atoms with Crippen LogP contribution in [0.5, 0.6) is 11.5 Å². The van der Waals surface area contributed by atoms with Crippen LogP contribution in [0.3, 0.4) is 0 Å². The molecule has 0 aliphatic carbocycles. The highest BCUT2D eigenvalue weighted by Gasteiger charge is 2.16. The Hall–Kier alpha value is -3.15. The zero-order valence-electron chi connectivity index (χ0n) is 15.1. The first-order valence-electron chi connectivity index (χ1n) is 8.49. The lowest BCUT2D eigenvalue weighted by atomic mass is 10.3.